The Morgan fingerprint density at radius 2 is 2.00 bits per heavy atom. The zero-order chi connectivity index (χ0) is 18.3. The highest BCUT2D eigenvalue weighted by atomic mass is 16.2. The number of hydrogen-bond acceptors (Lipinski definition) is 5. The van der Waals surface area contributed by atoms with E-state index in [1.165, 1.54) is 0 Å². The van der Waals surface area contributed by atoms with E-state index in [0.29, 0.717) is 11.7 Å². The minimum Gasteiger partial charge on any atom is -0.336 e. The van der Waals surface area contributed by atoms with E-state index in [0.717, 1.165) is 68.3 Å². The maximum Gasteiger partial charge on any atom is 0.271 e. The number of aromatic nitrogens is 4. The largest absolute Gasteiger partial charge is 0.336 e. The normalized spacial score (nSPS) is 21.5. The second kappa shape index (κ2) is 6.85. The number of amides is 1. The third-order valence-corrected chi connectivity index (χ3v) is 5.69. The van der Waals surface area contributed by atoms with Crippen molar-refractivity contribution in [3.63, 3.8) is 0 Å². The zero-order valence-corrected chi connectivity index (χ0v) is 15.7. The van der Waals surface area contributed by atoms with Gasteiger partial charge in [0.05, 0.1) is 11.4 Å². The molecule has 0 spiro atoms. The maximum atomic E-state index is 12.9. The van der Waals surface area contributed by atoms with Gasteiger partial charge in [-0.3, -0.25) is 19.5 Å². The first-order valence-corrected chi connectivity index (χ1v) is 9.34. The summed E-state index contributed by atoms with van der Waals surface area (Å²) in [6.07, 6.45) is 1.05. The smallest absolute Gasteiger partial charge is 0.271 e. The molecule has 2 aliphatic rings. The Bertz CT molecular complexity index is 803. The van der Waals surface area contributed by atoms with Crippen molar-refractivity contribution in [1.82, 2.24) is 35.1 Å². The predicted molar refractivity (Wildman–Crippen MR) is 99.0 cm³/mol. The summed E-state index contributed by atoms with van der Waals surface area (Å²) in [5.41, 5.74) is 4.32. The number of likely N-dealkylation sites (tertiary alicyclic amines) is 1. The van der Waals surface area contributed by atoms with Crippen molar-refractivity contribution in [1.29, 1.82) is 0 Å². The molecule has 2 aromatic heterocycles. The van der Waals surface area contributed by atoms with E-state index in [4.69, 9.17) is 0 Å². The lowest BCUT2D eigenvalue weighted by Gasteiger charge is -2.32. The summed E-state index contributed by atoms with van der Waals surface area (Å²) in [5, 5.41) is 15.1. The summed E-state index contributed by atoms with van der Waals surface area (Å²) in [6, 6.07) is 2.34. The molecule has 140 valence electrons. The molecular formula is C18H27N7O. The highest BCUT2D eigenvalue weighted by molar-refractivity contribution is 5.93. The average Bonchev–Trinajstić information content (AvgIpc) is 3.36. The summed E-state index contributed by atoms with van der Waals surface area (Å²) in [4.78, 5) is 17.4. The van der Waals surface area contributed by atoms with Crippen LogP contribution in [0.1, 0.15) is 28.3 Å². The van der Waals surface area contributed by atoms with E-state index in [1.807, 2.05) is 36.5 Å². The van der Waals surface area contributed by atoms with Crippen LogP contribution in [0, 0.1) is 13.8 Å². The highest BCUT2D eigenvalue weighted by Crippen LogP contribution is 2.26. The molecule has 26 heavy (non-hydrogen) atoms. The maximum absolute atomic E-state index is 12.9. The van der Waals surface area contributed by atoms with Crippen LogP contribution in [0.5, 0.6) is 0 Å². The Morgan fingerprint density at radius 1 is 1.23 bits per heavy atom. The van der Waals surface area contributed by atoms with E-state index < -0.39 is 0 Å². The van der Waals surface area contributed by atoms with Crippen LogP contribution in [0.4, 0.5) is 0 Å². The van der Waals surface area contributed by atoms with Gasteiger partial charge in [-0.05, 0) is 26.3 Å². The quantitative estimate of drug-likeness (QED) is 0.838. The molecule has 2 N–H and O–H groups in total. The van der Waals surface area contributed by atoms with Crippen molar-refractivity contribution < 1.29 is 4.79 Å². The van der Waals surface area contributed by atoms with Gasteiger partial charge in [-0.1, -0.05) is 0 Å². The second-order valence-electron chi connectivity index (χ2n) is 7.32. The predicted octanol–water partition coefficient (Wildman–Crippen LogP) is 0.547. The molecule has 4 rings (SSSR count). The number of rotatable bonds is 3. The number of hydrogen-bond donors (Lipinski definition) is 2. The summed E-state index contributed by atoms with van der Waals surface area (Å²) >= 11 is 0. The minimum atomic E-state index is 0.0422. The number of H-pyrrole nitrogens is 1. The molecule has 0 radical (unpaired) electrons. The molecule has 2 aliphatic heterocycles. The van der Waals surface area contributed by atoms with Gasteiger partial charge in [0.15, 0.2) is 0 Å². The van der Waals surface area contributed by atoms with Crippen molar-refractivity contribution in [2.45, 2.75) is 26.3 Å². The van der Waals surface area contributed by atoms with Crippen LogP contribution < -0.4 is 5.32 Å². The number of nitrogens with zero attached hydrogens (tertiary/aromatic N) is 5. The molecule has 2 fully saturated rings. The van der Waals surface area contributed by atoms with Crippen molar-refractivity contribution >= 4 is 5.91 Å². The molecule has 0 bridgehead atoms. The summed E-state index contributed by atoms with van der Waals surface area (Å²) in [5.74, 6) is 0.0422. The fourth-order valence-electron chi connectivity index (χ4n) is 4.15. The summed E-state index contributed by atoms with van der Waals surface area (Å²) < 4.78 is 1.85. The Hall–Kier alpha value is -2.19. The zero-order valence-electron chi connectivity index (χ0n) is 15.7. The molecule has 8 heteroatoms. The van der Waals surface area contributed by atoms with E-state index in [2.05, 4.69) is 25.5 Å². The van der Waals surface area contributed by atoms with Gasteiger partial charge < -0.3 is 10.2 Å². The Kier molecular flexibility index (Phi) is 4.54. The fraction of sp³-hybridized carbons (Fsp3) is 0.611. The van der Waals surface area contributed by atoms with Gasteiger partial charge in [0, 0.05) is 63.6 Å². The molecule has 0 aromatic carbocycles. The van der Waals surface area contributed by atoms with Gasteiger partial charge in [0.2, 0.25) is 0 Å². The number of carbonyl (C=O) groups is 1. The topological polar surface area (TPSA) is 82.1 Å². The van der Waals surface area contributed by atoms with Crippen LogP contribution in [0.25, 0.3) is 11.3 Å². The molecule has 1 unspecified atom stereocenters. The Morgan fingerprint density at radius 3 is 2.69 bits per heavy atom. The van der Waals surface area contributed by atoms with Gasteiger partial charge in [-0.25, -0.2) is 0 Å². The van der Waals surface area contributed by atoms with Crippen molar-refractivity contribution in [3.05, 3.63) is 23.1 Å². The lowest BCUT2D eigenvalue weighted by Crippen LogP contribution is -2.49. The minimum absolute atomic E-state index is 0.0422. The van der Waals surface area contributed by atoms with Crippen LogP contribution in [-0.2, 0) is 7.05 Å². The molecule has 0 aliphatic carbocycles. The molecule has 0 saturated carbocycles. The number of aryl methyl sites for hydroxylation is 2. The van der Waals surface area contributed by atoms with Crippen molar-refractivity contribution in [2.75, 3.05) is 39.3 Å². The Labute approximate surface area is 153 Å². The fourth-order valence-corrected chi connectivity index (χ4v) is 4.15. The van der Waals surface area contributed by atoms with E-state index in [9.17, 15) is 4.79 Å². The van der Waals surface area contributed by atoms with Gasteiger partial charge in [0.1, 0.15) is 5.69 Å². The number of piperazine rings is 1. The van der Waals surface area contributed by atoms with Crippen LogP contribution in [0.15, 0.2) is 6.07 Å². The van der Waals surface area contributed by atoms with Crippen LogP contribution in [0.2, 0.25) is 0 Å². The summed E-state index contributed by atoms with van der Waals surface area (Å²) in [6.45, 7) is 9.82. The van der Waals surface area contributed by atoms with Gasteiger partial charge in [-0.2, -0.15) is 10.2 Å². The van der Waals surface area contributed by atoms with Crippen LogP contribution in [0.3, 0.4) is 0 Å². The first kappa shape index (κ1) is 17.2. The van der Waals surface area contributed by atoms with Crippen molar-refractivity contribution in [3.8, 4) is 11.3 Å². The molecule has 1 amide bonds. The van der Waals surface area contributed by atoms with E-state index >= 15 is 0 Å². The molecular weight excluding hydrogens is 330 g/mol. The SMILES string of the molecule is Cc1nn(C)c(C)c1-c1cc(C(=O)N2CCC(N3CCNCC3)C2)[nH]n1. The van der Waals surface area contributed by atoms with Crippen LogP contribution in [-0.4, -0.2) is 81.0 Å². The monoisotopic (exact) mass is 357 g/mol. The average molecular weight is 357 g/mol. The lowest BCUT2D eigenvalue weighted by molar-refractivity contribution is 0.0767. The first-order chi connectivity index (χ1) is 12.5. The lowest BCUT2D eigenvalue weighted by atomic mass is 10.1. The van der Waals surface area contributed by atoms with Gasteiger partial charge in [-0.15, -0.1) is 0 Å². The molecule has 2 aromatic rings. The molecule has 4 heterocycles. The van der Waals surface area contributed by atoms with E-state index in [-0.39, 0.29) is 5.91 Å². The third kappa shape index (κ3) is 3.03. The van der Waals surface area contributed by atoms with Gasteiger partial charge in [0.25, 0.3) is 5.91 Å². The number of aromatic amines is 1. The second-order valence-corrected chi connectivity index (χ2v) is 7.32. The summed E-state index contributed by atoms with van der Waals surface area (Å²) in [7, 11) is 1.92. The standard InChI is InChI=1S/C18H27N7O/c1-12-17(13(2)23(3)22-12)15-10-16(21-20-15)18(26)25-7-4-14(11-25)24-8-5-19-6-9-24/h10,14,19H,4-9,11H2,1-3H3,(H,20,21). The molecule has 2 saturated heterocycles. The van der Waals surface area contributed by atoms with Crippen molar-refractivity contribution in [2.24, 2.45) is 7.05 Å². The van der Waals surface area contributed by atoms with E-state index in [1.54, 1.807) is 0 Å². The first-order valence-electron chi connectivity index (χ1n) is 9.34. The number of carbonyl (C=O) groups excluding carboxylic acids is 1. The molecule has 8 nitrogen and oxygen atoms in total. The van der Waals surface area contributed by atoms with Gasteiger partial charge >= 0.3 is 0 Å². The number of nitrogens with one attached hydrogen (secondary N) is 2. The van der Waals surface area contributed by atoms with Crippen LogP contribution >= 0.6 is 0 Å². The third-order valence-electron chi connectivity index (χ3n) is 5.69. The Balaban J connectivity index is 1.47. The highest BCUT2D eigenvalue weighted by Gasteiger charge is 2.32. The molecule has 1 atom stereocenters.